The van der Waals surface area contributed by atoms with Gasteiger partial charge in [0, 0.05) is 42.6 Å². The number of carbonyl (C=O) groups excluding carboxylic acids is 2. The van der Waals surface area contributed by atoms with Crippen LogP contribution in [0.25, 0.3) is 0 Å². The fourth-order valence-electron chi connectivity index (χ4n) is 5.28. The summed E-state index contributed by atoms with van der Waals surface area (Å²) in [4.78, 5) is 27.7. The first-order valence-electron chi connectivity index (χ1n) is 11.9. The van der Waals surface area contributed by atoms with E-state index in [-0.39, 0.29) is 11.8 Å². The van der Waals surface area contributed by atoms with Crippen molar-refractivity contribution in [1.29, 1.82) is 0 Å². The Labute approximate surface area is 185 Å². The number of nitrogens with one attached hydrogen (secondary N) is 1. The standard InChI is InChI=1S/C26H35N3O2/c1-19-16-24(20(2)29(19)23-12-5-3-6-13-23)25(30)27-18-21-10-9-11-22(17-21)26(31)28-14-7-4-8-15-28/h9-11,16-17,23H,3-8,12-15,18H2,1-2H3,(H,27,30). The highest BCUT2D eigenvalue weighted by molar-refractivity contribution is 5.96. The number of piperidine rings is 1. The Morgan fingerprint density at radius 2 is 1.68 bits per heavy atom. The van der Waals surface area contributed by atoms with E-state index < -0.39 is 0 Å². The summed E-state index contributed by atoms with van der Waals surface area (Å²) < 4.78 is 2.37. The molecule has 0 bridgehead atoms. The lowest BCUT2D eigenvalue weighted by Gasteiger charge is -2.26. The molecule has 2 aliphatic rings. The molecule has 1 N–H and O–H groups in total. The van der Waals surface area contributed by atoms with E-state index in [9.17, 15) is 9.59 Å². The summed E-state index contributed by atoms with van der Waals surface area (Å²) in [5.41, 5.74) is 4.67. The summed E-state index contributed by atoms with van der Waals surface area (Å²) in [6, 6.07) is 10.2. The molecule has 1 saturated carbocycles. The summed E-state index contributed by atoms with van der Waals surface area (Å²) in [5.74, 6) is 0.0619. The molecule has 4 rings (SSSR count). The third-order valence-corrected chi connectivity index (χ3v) is 6.94. The molecular formula is C26H35N3O2. The molecule has 1 aliphatic carbocycles. The van der Waals surface area contributed by atoms with Gasteiger partial charge in [-0.3, -0.25) is 9.59 Å². The highest BCUT2D eigenvalue weighted by Crippen LogP contribution is 2.32. The van der Waals surface area contributed by atoms with Gasteiger partial charge in [-0.15, -0.1) is 0 Å². The van der Waals surface area contributed by atoms with Crippen LogP contribution in [0.3, 0.4) is 0 Å². The molecule has 0 spiro atoms. The molecular weight excluding hydrogens is 386 g/mol. The molecule has 0 radical (unpaired) electrons. The predicted octanol–water partition coefficient (Wildman–Crippen LogP) is 5.17. The zero-order valence-electron chi connectivity index (χ0n) is 19.0. The summed E-state index contributed by atoms with van der Waals surface area (Å²) in [7, 11) is 0. The molecule has 5 nitrogen and oxygen atoms in total. The second-order valence-electron chi connectivity index (χ2n) is 9.18. The monoisotopic (exact) mass is 421 g/mol. The molecule has 31 heavy (non-hydrogen) atoms. The summed E-state index contributed by atoms with van der Waals surface area (Å²) in [6.07, 6.45) is 9.65. The number of nitrogens with zero attached hydrogens (tertiary/aromatic N) is 2. The van der Waals surface area contributed by atoms with Gasteiger partial charge >= 0.3 is 0 Å². The second-order valence-corrected chi connectivity index (χ2v) is 9.18. The van der Waals surface area contributed by atoms with Crippen molar-refractivity contribution in [3.8, 4) is 0 Å². The van der Waals surface area contributed by atoms with E-state index in [2.05, 4.69) is 23.7 Å². The molecule has 1 aliphatic heterocycles. The Balaban J connectivity index is 1.41. The van der Waals surface area contributed by atoms with E-state index in [1.165, 1.54) is 44.2 Å². The Morgan fingerprint density at radius 3 is 2.42 bits per heavy atom. The molecule has 2 aromatic rings. The zero-order valence-corrected chi connectivity index (χ0v) is 19.0. The molecule has 166 valence electrons. The Hall–Kier alpha value is -2.56. The first-order chi connectivity index (χ1) is 15.0. The number of carbonyl (C=O) groups is 2. The lowest BCUT2D eigenvalue weighted by molar-refractivity contribution is 0.0724. The first-order valence-corrected chi connectivity index (χ1v) is 11.9. The van der Waals surface area contributed by atoms with Crippen molar-refractivity contribution in [3.63, 3.8) is 0 Å². The maximum absolute atomic E-state index is 13.0. The van der Waals surface area contributed by atoms with Crippen LogP contribution in [0.1, 0.15) is 95.1 Å². The SMILES string of the molecule is Cc1cc(C(=O)NCc2cccc(C(=O)N3CCCCC3)c2)c(C)n1C1CCCCC1. The minimum Gasteiger partial charge on any atom is -0.348 e. The number of hydrogen-bond acceptors (Lipinski definition) is 2. The largest absolute Gasteiger partial charge is 0.348 e. The maximum Gasteiger partial charge on any atom is 0.253 e. The molecule has 1 aromatic heterocycles. The lowest BCUT2D eigenvalue weighted by atomic mass is 9.95. The molecule has 0 unspecified atom stereocenters. The summed E-state index contributed by atoms with van der Waals surface area (Å²) >= 11 is 0. The van der Waals surface area contributed by atoms with E-state index >= 15 is 0 Å². The van der Waals surface area contributed by atoms with Gasteiger partial charge in [0.25, 0.3) is 11.8 Å². The molecule has 0 atom stereocenters. The quantitative estimate of drug-likeness (QED) is 0.724. The Bertz CT molecular complexity index is 934. The number of aryl methyl sites for hydroxylation is 1. The van der Waals surface area contributed by atoms with Crippen molar-refractivity contribution in [2.24, 2.45) is 0 Å². The van der Waals surface area contributed by atoms with Gasteiger partial charge in [-0.1, -0.05) is 31.4 Å². The summed E-state index contributed by atoms with van der Waals surface area (Å²) in [6.45, 7) is 6.28. The van der Waals surface area contributed by atoms with Crippen LogP contribution >= 0.6 is 0 Å². The van der Waals surface area contributed by atoms with Gasteiger partial charge in [-0.25, -0.2) is 0 Å². The van der Waals surface area contributed by atoms with Crippen LogP contribution in [0.15, 0.2) is 30.3 Å². The average molecular weight is 422 g/mol. The number of amides is 2. The minimum absolute atomic E-state index is 0.0390. The fourth-order valence-corrected chi connectivity index (χ4v) is 5.28. The van der Waals surface area contributed by atoms with Gasteiger partial charge in [0.15, 0.2) is 0 Å². The number of benzene rings is 1. The van der Waals surface area contributed by atoms with Gasteiger partial charge in [0.05, 0.1) is 5.56 Å². The van der Waals surface area contributed by atoms with Crippen LogP contribution in [0.2, 0.25) is 0 Å². The van der Waals surface area contributed by atoms with Gasteiger partial charge in [-0.05, 0) is 69.7 Å². The van der Waals surface area contributed by atoms with Crippen LogP contribution in [0, 0.1) is 13.8 Å². The average Bonchev–Trinajstić information content (AvgIpc) is 3.12. The third-order valence-electron chi connectivity index (χ3n) is 6.94. The minimum atomic E-state index is -0.0390. The van der Waals surface area contributed by atoms with Crippen molar-refractivity contribution in [3.05, 3.63) is 58.4 Å². The van der Waals surface area contributed by atoms with Crippen LogP contribution in [0.5, 0.6) is 0 Å². The van der Waals surface area contributed by atoms with Crippen molar-refractivity contribution < 1.29 is 9.59 Å². The number of hydrogen-bond donors (Lipinski definition) is 1. The second kappa shape index (κ2) is 9.71. The van der Waals surface area contributed by atoms with E-state index in [0.717, 1.165) is 42.8 Å². The van der Waals surface area contributed by atoms with Crippen LogP contribution in [-0.4, -0.2) is 34.4 Å². The Kier molecular flexibility index (Phi) is 6.79. The van der Waals surface area contributed by atoms with Crippen LogP contribution < -0.4 is 5.32 Å². The highest BCUT2D eigenvalue weighted by atomic mass is 16.2. The van der Waals surface area contributed by atoms with E-state index in [0.29, 0.717) is 18.2 Å². The van der Waals surface area contributed by atoms with E-state index in [1.54, 1.807) is 0 Å². The number of likely N-dealkylation sites (tertiary alicyclic amines) is 1. The van der Waals surface area contributed by atoms with Crippen molar-refractivity contribution >= 4 is 11.8 Å². The van der Waals surface area contributed by atoms with Gasteiger partial charge in [0.1, 0.15) is 0 Å². The van der Waals surface area contributed by atoms with E-state index in [4.69, 9.17) is 0 Å². The number of rotatable bonds is 5. The molecule has 2 fully saturated rings. The van der Waals surface area contributed by atoms with Crippen molar-refractivity contribution in [2.75, 3.05) is 13.1 Å². The molecule has 2 heterocycles. The van der Waals surface area contributed by atoms with Crippen LogP contribution in [-0.2, 0) is 6.54 Å². The van der Waals surface area contributed by atoms with Crippen molar-refractivity contribution in [1.82, 2.24) is 14.8 Å². The third kappa shape index (κ3) is 4.86. The maximum atomic E-state index is 13.0. The normalized spacial score (nSPS) is 17.5. The fraction of sp³-hybridized carbons (Fsp3) is 0.538. The molecule has 2 amide bonds. The smallest absolute Gasteiger partial charge is 0.253 e. The molecule has 1 aromatic carbocycles. The van der Waals surface area contributed by atoms with Gasteiger partial charge < -0.3 is 14.8 Å². The van der Waals surface area contributed by atoms with Gasteiger partial charge in [0.2, 0.25) is 0 Å². The first kappa shape index (κ1) is 21.7. The predicted molar refractivity (Wildman–Crippen MR) is 123 cm³/mol. The van der Waals surface area contributed by atoms with Crippen molar-refractivity contribution in [2.45, 2.75) is 77.8 Å². The molecule has 1 saturated heterocycles. The highest BCUT2D eigenvalue weighted by Gasteiger charge is 2.23. The van der Waals surface area contributed by atoms with Crippen LogP contribution in [0.4, 0.5) is 0 Å². The van der Waals surface area contributed by atoms with Gasteiger partial charge in [-0.2, -0.15) is 0 Å². The lowest BCUT2D eigenvalue weighted by Crippen LogP contribution is -2.35. The van der Waals surface area contributed by atoms with E-state index in [1.807, 2.05) is 35.2 Å². The summed E-state index contributed by atoms with van der Waals surface area (Å²) in [5, 5.41) is 3.07. The molecule has 5 heteroatoms. The zero-order chi connectivity index (χ0) is 21.8. The topological polar surface area (TPSA) is 54.3 Å². The number of aromatic nitrogens is 1. The Morgan fingerprint density at radius 1 is 0.968 bits per heavy atom.